The molecule has 0 bridgehead atoms. The van der Waals surface area contributed by atoms with Crippen LogP contribution in [0.1, 0.15) is 0 Å². The highest BCUT2D eigenvalue weighted by atomic mass is 32.1. The lowest BCUT2D eigenvalue weighted by molar-refractivity contribution is 0.433. The van der Waals surface area contributed by atoms with Crippen molar-refractivity contribution in [1.29, 1.82) is 0 Å². The monoisotopic (exact) mass is 128 g/mol. The van der Waals surface area contributed by atoms with E-state index >= 15 is 0 Å². The highest BCUT2D eigenvalue weighted by Gasteiger charge is 1.73. The third-order valence-corrected chi connectivity index (χ3v) is 0.734. The van der Waals surface area contributed by atoms with Gasteiger partial charge in [-0.1, -0.05) is 12.7 Å². The molecule has 0 fully saturated rings. The Bertz CT molecular complexity index is 124. The minimum atomic E-state index is 0.148. The van der Waals surface area contributed by atoms with Crippen LogP contribution in [0.15, 0.2) is 36.0 Å². The summed E-state index contributed by atoms with van der Waals surface area (Å²) in [5.74, 6) is 0.148. The second-order valence-electron chi connectivity index (χ2n) is 1.14. The van der Waals surface area contributed by atoms with Crippen molar-refractivity contribution in [1.82, 2.24) is 0 Å². The maximum Gasteiger partial charge on any atom is 0.115 e. The molecule has 0 aliphatic carbocycles. The first kappa shape index (κ1) is 7.37. The summed E-state index contributed by atoms with van der Waals surface area (Å²) in [5, 5.41) is 10.2. The van der Waals surface area contributed by atoms with E-state index in [9.17, 15) is 0 Å². The minimum Gasteiger partial charge on any atom is -0.508 e. The van der Waals surface area contributed by atoms with E-state index in [4.69, 9.17) is 5.11 Å². The first-order valence-corrected chi connectivity index (χ1v) is 2.65. The Morgan fingerprint density at radius 2 is 2.25 bits per heavy atom. The van der Waals surface area contributed by atoms with Crippen LogP contribution >= 0.6 is 12.6 Å². The van der Waals surface area contributed by atoms with Crippen LogP contribution in [0.25, 0.3) is 0 Å². The van der Waals surface area contributed by atoms with Crippen LogP contribution in [0.2, 0.25) is 0 Å². The molecule has 2 heteroatoms. The molecule has 1 nitrogen and oxygen atoms in total. The van der Waals surface area contributed by atoms with Crippen molar-refractivity contribution in [3.63, 3.8) is 0 Å². The molecule has 0 unspecified atom stereocenters. The first-order valence-electron chi connectivity index (χ1n) is 2.13. The molecular weight excluding hydrogens is 120 g/mol. The Morgan fingerprint density at radius 3 is 2.62 bits per heavy atom. The molecule has 0 heterocycles. The van der Waals surface area contributed by atoms with E-state index in [1.54, 1.807) is 6.08 Å². The zero-order valence-electron chi connectivity index (χ0n) is 4.41. The van der Waals surface area contributed by atoms with Crippen LogP contribution in [0.4, 0.5) is 0 Å². The van der Waals surface area contributed by atoms with E-state index in [-0.39, 0.29) is 5.76 Å². The summed E-state index contributed by atoms with van der Waals surface area (Å²) in [6, 6.07) is 0. The van der Waals surface area contributed by atoms with E-state index in [2.05, 4.69) is 19.2 Å². The molecular formula is C6H8OS. The third-order valence-electron chi connectivity index (χ3n) is 0.562. The summed E-state index contributed by atoms with van der Waals surface area (Å²) in [7, 11) is 0. The fourth-order valence-corrected chi connectivity index (χ4v) is 0.296. The van der Waals surface area contributed by atoms with Gasteiger partial charge in [0.1, 0.15) is 5.76 Å². The Morgan fingerprint density at radius 1 is 1.62 bits per heavy atom. The molecule has 0 aromatic rings. The van der Waals surface area contributed by atoms with Crippen molar-refractivity contribution < 1.29 is 5.11 Å². The maximum absolute atomic E-state index is 8.65. The van der Waals surface area contributed by atoms with Gasteiger partial charge in [0, 0.05) is 0 Å². The molecule has 0 aromatic carbocycles. The molecule has 0 saturated carbocycles. The molecule has 1 N–H and O–H groups in total. The molecule has 0 spiro atoms. The highest BCUT2D eigenvalue weighted by molar-refractivity contribution is 7.83. The lowest BCUT2D eigenvalue weighted by Crippen LogP contribution is -1.66. The summed E-state index contributed by atoms with van der Waals surface area (Å²) in [6.45, 7) is 3.34. The average molecular weight is 128 g/mol. The lowest BCUT2D eigenvalue weighted by atomic mass is 10.4. The fourth-order valence-electron chi connectivity index (χ4n) is 0.210. The molecule has 0 rings (SSSR count). The molecule has 8 heavy (non-hydrogen) atoms. The summed E-state index contributed by atoms with van der Waals surface area (Å²) >= 11 is 3.76. The van der Waals surface area contributed by atoms with Gasteiger partial charge < -0.3 is 5.11 Å². The summed E-state index contributed by atoms with van der Waals surface area (Å²) < 4.78 is 0. The number of rotatable bonds is 2. The van der Waals surface area contributed by atoms with Gasteiger partial charge in [0.2, 0.25) is 0 Å². The van der Waals surface area contributed by atoms with E-state index in [0.717, 1.165) is 0 Å². The van der Waals surface area contributed by atoms with Gasteiger partial charge in [0.05, 0.1) is 0 Å². The fraction of sp³-hybridized carbons (Fsp3) is 0. The minimum absolute atomic E-state index is 0.148. The second kappa shape index (κ2) is 4.53. The third kappa shape index (κ3) is 3.56. The Hall–Kier alpha value is -0.630. The van der Waals surface area contributed by atoms with Crippen molar-refractivity contribution in [2.24, 2.45) is 0 Å². The number of hydrogen-bond donors (Lipinski definition) is 2. The van der Waals surface area contributed by atoms with Gasteiger partial charge in [-0.15, -0.1) is 0 Å². The zero-order valence-corrected chi connectivity index (χ0v) is 5.31. The summed E-state index contributed by atoms with van der Waals surface area (Å²) in [5.41, 5.74) is 0. The maximum atomic E-state index is 8.65. The van der Waals surface area contributed by atoms with E-state index < -0.39 is 0 Å². The number of aliphatic hydroxyl groups is 1. The van der Waals surface area contributed by atoms with Crippen LogP contribution in [-0.4, -0.2) is 5.11 Å². The molecule has 0 radical (unpaired) electrons. The summed E-state index contributed by atoms with van der Waals surface area (Å²) in [4.78, 5) is 0. The summed E-state index contributed by atoms with van der Waals surface area (Å²) in [6.07, 6.45) is 4.47. The molecule has 0 aliphatic rings. The van der Waals surface area contributed by atoms with Crippen molar-refractivity contribution >= 4 is 12.6 Å². The molecule has 0 aliphatic heterocycles. The Balaban J connectivity index is 3.74. The zero-order chi connectivity index (χ0) is 6.41. The second-order valence-corrected chi connectivity index (χ2v) is 1.44. The van der Waals surface area contributed by atoms with Gasteiger partial charge in [0.15, 0.2) is 0 Å². The molecule has 0 amide bonds. The van der Waals surface area contributed by atoms with Crippen LogP contribution in [0.3, 0.4) is 0 Å². The number of allylic oxidation sites excluding steroid dienone is 3. The van der Waals surface area contributed by atoms with Crippen LogP contribution in [-0.2, 0) is 0 Å². The number of thiol groups is 1. The van der Waals surface area contributed by atoms with Gasteiger partial charge in [0.25, 0.3) is 0 Å². The SMILES string of the molecule is C=C/C(O)=C\C=C\S. The molecule has 0 saturated heterocycles. The largest absolute Gasteiger partial charge is 0.508 e. The van der Waals surface area contributed by atoms with E-state index in [1.165, 1.54) is 17.6 Å². The molecule has 0 aromatic heterocycles. The van der Waals surface area contributed by atoms with Crippen molar-refractivity contribution in [2.45, 2.75) is 0 Å². The van der Waals surface area contributed by atoms with Crippen LogP contribution in [0, 0.1) is 0 Å². The van der Waals surface area contributed by atoms with Crippen molar-refractivity contribution in [3.8, 4) is 0 Å². The predicted octanol–water partition coefficient (Wildman–Crippen LogP) is 2.06. The Labute approximate surface area is 54.4 Å². The van der Waals surface area contributed by atoms with E-state index in [0.29, 0.717) is 0 Å². The van der Waals surface area contributed by atoms with Gasteiger partial charge in [-0.2, -0.15) is 12.6 Å². The van der Waals surface area contributed by atoms with Gasteiger partial charge in [-0.05, 0) is 17.6 Å². The predicted molar refractivity (Wildman–Crippen MR) is 39.0 cm³/mol. The average Bonchev–Trinajstić information content (AvgIpc) is 1.83. The van der Waals surface area contributed by atoms with Crippen molar-refractivity contribution in [3.05, 3.63) is 36.0 Å². The number of hydrogen-bond acceptors (Lipinski definition) is 2. The van der Waals surface area contributed by atoms with Gasteiger partial charge >= 0.3 is 0 Å². The topological polar surface area (TPSA) is 20.2 Å². The standard InChI is InChI=1S/C6H8OS/c1-2-6(7)4-3-5-8/h2-5,7-8H,1H2/b5-3+,6-4+. The quantitative estimate of drug-likeness (QED) is 0.331. The first-order chi connectivity index (χ1) is 3.81. The molecule has 0 atom stereocenters. The van der Waals surface area contributed by atoms with Crippen molar-refractivity contribution in [2.75, 3.05) is 0 Å². The number of aliphatic hydroxyl groups excluding tert-OH is 1. The van der Waals surface area contributed by atoms with Gasteiger partial charge in [-0.3, -0.25) is 0 Å². The van der Waals surface area contributed by atoms with Crippen LogP contribution in [0.5, 0.6) is 0 Å². The normalized spacial score (nSPS) is 12.4. The van der Waals surface area contributed by atoms with Gasteiger partial charge in [-0.25, -0.2) is 0 Å². The lowest BCUT2D eigenvalue weighted by Gasteiger charge is -1.81. The Kier molecular flexibility index (Phi) is 4.17. The van der Waals surface area contributed by atoms with Crippen LogP contribution < -0.4 is 0 Å². The smallest absolute Gasteiger partial charge is 0.115 e. The molecule has 44 valence electrons. The van der Waals surface area contributed by atoms with E-state index in [1.807, 2.05) is 0 Å². The highest BCUT2D eigenvalue weighted by Crippen LogP contribution is 1.89.